The first-order valence-electron chi connectivity index (χ1n) is 4.80. The molecule has 0 atom stereocenters. The summed E-state index contributed by atoms with van der Waals surface area (Å²) in [5, 5.41) is 0. The summed E-state index contributed by atoms with van der Waals surface area (Å²) in [4.78, 5) is 0. The molecule has 0 bridgehead atoms. The predicted octanol–water partition coefficient (Wildman–Crippen LogP) is 3.29. The topological polar surface area (TPSA) is 18.5 Å². The average Bonchev–Trinajstić information content (AvgIpc) is 2.74. The van der Waals surface area contributed by atoms with Crippen LogP contribution in [0, 0.1) is 11.6 Å². The maximum Gasteiger partial charge on any atom is 0.266 e. The molecule has 0 amide bonds. The lowest BCUT2D eigenvalue weighted by Crippen LogP contribution is -2.10. The van der Waals surface area contributed by atoms with Crippen molar-refractivity contribution >= 4 is 0 Å². The third kappa shape index (κ3) is 2.51. The predicted molar refractivity (Wildman–Crippen MR) is 50.1 cm³/mol. The first-order chi connectivity index (χ1) is 8.08. The van der Waals surface area contributed by atoms with E-state index in [0.717, 1.165) is 6.07 Å². The second-order valence-corrected chi connectivity index (χ2v) is 3.43. The van der Waals surface area contributed by atoms with Gasteiger partial charge in [0.2, 0.25) is 6.43 Å². The van der Waals surface area contributed by atoms with Gasteiger partial charge in [0.1, 0.15) is 24.2 Å². The van der Waals surface area contributed by atoms with Gasteiger partial charge in [-0.2, -0.15) is 0 Å². The fourth-order valence-electron chi connectivity index (χ4n) is 1.59. The molecule has 1 aliphatic rings. The van der Waals surface area contributed by atoms with E-state index in [-0.39, 0.29) is 11.1 Å². The van der Waals surface area contributed by atoms with Crippen LogP contribution in [0.5, 0.6) is 0 Å². The second kappa shape index (κ2) is 4.65. The van der Waals surface area contributed by atoms with E-state index >= 15 is 0 Å². The molecule has 0 spiro atoms. The van der Waals surface area contributed by atoms with E-state index in [1.807, 2.05) is 0 Å². The lowest BCUT2D eigenvalue weighted by atomic mass is 10.0. The van der Waals surface area contributed by atoms with E-state index in [9.17, 15) is 17.6 Å². The number of hydrogen-bond acceptors (Lipinski definition) is 2. The normalized spacial score (nSPS) is 15.1. The molecule has 1 aliphatic heterocycles. The van der Waals surface area contributed by atoms with E-state index in [1.165, 1.54) is 12.5 Å². The molecule has 0 fully saturated rings. The number of ether oxygens (including phenoxy) is 2. The summed E-state index contributed by atoms with van der Waals surface area (Å²) in [6.45, 7) is 0. The van der Waals surface area contributed by atoms with Crippen molar-refractivity contribution in [3.05, 3.63) is 47.4 Å². The summed E-state index contributed by atoms with van der Waals surface area (Å²) in [6.07, 6.45) is -2.26. The molecular weight excluding hydrogens is 240 g/mol. The van der Waals surface area contributed by atoms with Gasteiger partial charge < -0.3 is 9.47 Å². The smallest absolute Gasteiger partial charge is 0.266 e. The SMILES string of the molecule is Fc1cc(F)c(CC(F)F)c(C2OC=CO2)c1. The van der Waals surface area contributed by atoms with Gasteiger partial charge in [0.15, 0.2) is 0 Å². The minimum atomic E-state index is -2.73. The van der Waals surface area contributed by atoms with Crippen molar-refractivity contribution in [2.24, 2.45) is 0 Å². The monoisotopic (exact) mass is 248 g/mol. The molecule has 0 saturated carbocycles. The maximum atomic E-state index is 13.4. The summed E-state index contributed by atoms with van der Waals surface area (Å²) in [5.41, 5.74) is -0.358. The number of halogens is 4. The summed E-state index contributed by atoms with van der Waals surface area (Å²) < 4.78 is 60.9. The van der Waals surface area contributed by atoms with Crippen molar-refractivity contribution in [2.45, 2.75) is 19.1 Å². The first kappa shape index (κ1) is 11.8. The van der Waals surface area contributed by atoms with Gasteiger partial charge in [0, 0.05) is 23.6 Å². The molecule has 1 aromatic carbocycles. The molecule has 0 radical (unpaired) electrons. The number of hydrogen-bond donors (Lipinski definition) is 0. The van der Waals surface area contributed by atoms with Gasteiger partial charge in [0.25, 0.3) is 6.29 Å². The Labute approximate surface area is 94.4 Å². The Morgan fingerprint density at radius 2 is 1.76 bits per heavy atom. The number of rotatable bonds is 3. The minimum Gasteiger partial charge on any atom is -0.455 e. The fraction of sp³-hybridized carbons (Fsp3) is 0.273. The van der Waals surface area contributed by atoms with Gasteiger partial charge >= 0.3 is 0 Å². The highest BCUT2D eigenvalue weighted by atomic mass is 19.3. The lowest BCUT2D eigenvalue weighted by molar-refractivity contribution is -0.0261. The van der Waals surface area contributed by atoms with Gasteiger partial charge in [0.05, 0.1) is 0 Å². The van der Waals surface area contributed by atoms with Gasteiger partial charge in [-0.3, -0.25) is 0 Å². The Balaban J connectivity index is 2.39. The van der Waals surface area contributed by atoms with Crippen LogP contribution >= 0.6 is 0 Å². The van der Waals surface area contributed by atoms with Gasteiger partial charge in [-0.1, -0.05) is 0 Å². The van der Waals surface area contributed by atoms with E-state index in [1.54, 1.807) is 0 Å². The molecule has 2 nitrogen and oxygen atoms in total. The van der Waals surface area contributed by atoms with Crippen LogP contribution in [0.2, 0.25) is 0 Å². The summed E-state index contributed by atoms with van der Waals surface area (Å²) in [6, 6.07) is 1.49. The highest BCUT2D eigenvalue weighted by Gasteiger charge is 2.24. The molecule has 2 rings (SSSR count). The van der Waals surface area contributed by atoms with Gasteiger partial charge in [-0.15, -0.1) is 0 Å². The maximum absolute atomic E-state index is 13.4. The van der Waals surface area contributed by atoms with Crippen molar-refractivity contribution in [3.8, 4) is 0 Å². The van der Waals surface area contributed by atoms with E-state index in [2.05, 4.69) is 0 Å². The third-order valence-electron chi connectivity index (χ3n) is 2.27. The van der Waals surface area contributed by atoms with Crippen LogP contribution in [0.4, 0.5) is 17.6 Å². The second-order valence-electron chi connectivity index (χ2n) is 3.43. The quantitative estimate of drug-likeness (QED) is 0.764. The van der Waals surface area contributed by atoms with Crippen molar-refractivity contribution < 1.29 is 27.0 Å². The summed E-state index contributed by atoms with van der Waals surface area (Å²) >= 11 is 0. The van der Waals surface area contributed by atoms with E-state index in [0.29, 0.717) is 6.07 Å². The fourth-order valence-corrected chi connectivity index (χ4v) is 1.59. The zero-order valence-electron chi connectivity index (χ0n) is 8.50. The highest BCUT2D eigenvalue weighted by molar-refractivity contribution is 5.31. The van der Waals surface area contributed by atoms with E-state index in [4.69, 9.17) is 9.47 Å². The Morgan fingerprint density at radius 1 is 1.12 bits per heavy atom. The van der Waals surface area contributed by atoms with Crippen molar-refractivity contribution in [3.63, 3.8) is 0 Å². The molecular formula is C11H8F4O2. The van der Waals surface area contributed by atoms with Crippen LogP contribution in [0.25, 0.3) is 0 Å². The van der Waals surface area contributed by atoms with Crippen LogP contribution in [0.15, 0.2) is 24.7 Å². The molecule has 6 heteroatoms. The molecule has 92 valence electrons. The molecule has 17 heavy (non-hydrogen) atoms. The molecule has 0 N–H and O–H groups in total. The molecule has 0 saturated heterocycles. The Kier molecular flexibility index (Phi) is 3.21. The largest absolute Gasteiger partial charge is 0.455 e. The molecule has 0 aliphatic carbocycles. The zero-order valence-corrected chi connectivity index (χ0v) is 8.50. The standard InChI is InChI=1S/C11H8F4O2/c12-6-3-8(11-16-1-2-17-11)7(5-10(14)15)9(13)4-6/h1-4,10-11H,5H2. The Morgan fingerprint density at radius 3 is 2.35 bits per heavy atom. The molecule has 1 aromatic rings. The van der Waals surface area contributed by atoms with Gasteiger partial charge in [-0.05, 0) is 6.07 Å². The van der Waals surface area contributed by atoms with Crippen LogP contribution in [-0.4, -0.2) is 6.43 Å². The summed E-state index contributed by atoms with van der Waals surface area (Å²) in [7, 11) is 0. The van der Waals surface area contributed by atoms with Crippen LogP contribution in [-0.2, 0) is 15.9 Å². The number of alkyl halides is 2. The summed E-state index contributed by atoms with van der Waals surface area (Å²) in [5.74, 6) is -1.89. The first-order valence-corrected chi connectivity index (χ1v) is 4.80. The van der Waals surface area contributed by atoms with Crippen molar-refractivity contribution in [2.75, 3.05) is 0 Å². The minimum absolute atomic E-state index is 0.0622. The van der Waals surface area contributed by atoms with Crippen LogP contribution in [0.3, 0.4) is 0 Å². The molecule has 1 heterocycles. The van der Waals surface area contributed by atoms with Crippen LogP contribution < -0.4 is 0 Å². The average molecular weight is 248 g/mol. The van der Waals surface area contributed by atoms with E-state index < -0.39 is 30.8 Å². The van der Waals surface area contributed by atoms with Crippen molar-refractivity contribution in [1.82, 2.24) is 0 Å². The lowest BCUT2D eigenvalue weighted by Gasteiger charge is -2.15. The van der Waals surface area contributed by atoms with Crippen molar-refractivity contribution in [1.29, 1.82) is 0 Å². The highest BCUT2D eigenvalue weighted by Crippen LogP contribution is 2.30. The Hall–Kier alpha value is -1.72. The van der Waals surface area contributed by atoms with Crippen LogP contribution in [0.1, 0.15) is 17.4 Å². The molecule has 0 aromatic heterocycles. The zero-order chi connectivity index (χ0) is 12.4. The Bertz CT molecular complexity index is 437. The van der Waals surface area contributed by atoms with Gasteiger partial charge in [-0.25, -0.2) is 17.6 Å². The number of benzene rings is 1. The molecule has 0 unspecified atom stereocenters. The third-order valence-corrected chi connectivity index (χ3v) is 2.27.